The first kappa shape index (κ1) is 22.4. The van der Waals surface area contributed by atoms with Crippen LogP contribution in [0.15, 0.2) is 12.1 Å². The summed E-state index contributed by atoms with van der Waals surface area (Å²) >= 11 is 12.6. The van der Waals surface area contributed by atoms with E-state index in [9.17, 15) is 14.0 Å². The van der Waals surface area contributed by atoms with Crippen molar-refractivity contribution in [3.8, 4) is 0 Å². The van der Waals surface area contributed by atoms with E-state index in [1.807, 2.05) is 6.92 Å². The third-order valence-electron chi connectivity index (χ3n) is 6.78. The zero-order valence-electron chi connectivity index (χ0n) is 17.2. The molecule has 2 aliphatic carbocycles. The molecule has 0 bridgehead atoms. The Morgan fingerprint density at radius 1 is 1.17 bits per heavy atom. The second-order valence-electron chi connectivity index (χ2n) is 9.23. The zero-order valence-corrected chi connectivity index (χ0v) is 18.7. The Morgan fingerprint density at radius 2 is 1.83 bits per heavy atom. The minimum atomic E-state index is -0.623. The highest BCUT2D eigenvalue weighted by Crippen LogP contribution is 2.50. The number of carbonyl (C=O) groups is 2. The maximum atomic E-state index is 14.9. The van der Waals surface area contributed by atoms with Crippen LogP contribution in [0.1, 0.15) is 77.3 Å². The van der Waals surface area contributed by atoms with E-state index >= 15 is 0 Å². The molecule has 160 valence electrons. The number of halogens is 3. The van der Waals surface area contributed by atoms with Crippen LogP contribution in [0.5, 0.6) is 0 Å². The number of hydrogen-bond acceptors (Lipinski definition) is 2. The number of rotatable bonds is 5. The molecule has 0 saturated heterocycles. The summed E-state index contributed by atoms with van der Waals surface area (Å²) in [5.41, 5.74) is -0.643. The molecule has 3 atom stereocenters. The lowest BCUT2D eigenvalue weighted by Gasteiger charge is -2.38. The standard InChI is InChI=1S/C22H29Cl2FN2O2/c1-13(28)26-14-8-11-22(3,12-14)20(29)27-19(21(2)9-4-5-10-21)17-16(25)7-6-15(23)18(17)24/h6-7,14,19H,4-5,8-12H2,1-3H3,(H,26,28)(H,27,29)/t14-,19?,22-/m1/s1. The maximum absolute atomic E-state index is 14.9. The zero-order chi connectivity index (χ0) is 21.4. The number of amides is 2. The van der Waals surface area contributed by atoms with Gasteiger partial charge in [0.2, 0.25) is 11.8 Å². The molecule has 0 aliphatic heterocycles. The van der Waals surface area contributed by atoms with Gasteiger partial charge in [-0.2, -0.15) is 0 Å². The first-order valence-corrected chi connectivity index (χ1v) is 11.0. The molecule has 1 unspecified atom stereocenters. The molecule has 29 heavy (non-hydrogen) atoms. The van der Waals surface area contributed by atoms with Crippen molar-refractivity contribution in [1.82, 2.24) is 10.6 Å². The van der Waals surface area contributed by atoms with Crippen molar-refractivity contribution in [1.29, 1.82) is 0 Å². The lowest BCUT2D eigenvalue weighted by atomic mass is 9.76. The molecule has 2 amide bonds. The molecule has 2 fully saturated rings. The molecular formula is C22H29Cl2FN2O2. The van der Waals surface area contributed by atoms with Crippen LogP contribution in [-0.4, -0.2) is 17.9 Å². The minimum absolute atomic E-state index is 0.0183. The Balaban J connectivity index is 1.90. The van der Waals surface area contributed by atoms with Crippen molar-refractivity contribution in [2.24, 2.45) is 10.8 Å². The number of nitrogens with one attached hydrogen (secondary N) is 2. The predicted molar refractivity (Wildman–Crippen MR) is 113 cm³/mol. The van der Waals surface area contributed by atoms with Crippen LogP contribution in [0.25, 0.3) is 0 Å². The summed E-state index contributed by atoms with van der Waals surface area (Å²) in [4.78, 5) is 24.8. The normalized spacial score (nSPS) is 26.9. The van der Waals surface area contributed by atoms with Crippen molar-refractivity contribution in [2.75, 3.05) is 0 Å². The summed E-state index contributed by atoms with van der Waals surface area (Å²) < 4.78 is 14.9. The van der Waals surface area contributed by atoms with Crippen molar-refractivity contribution < 1.29 is 14.0 Å². The predicted octanol–water partition coefficient (Wildman–Crippen LogP) is 5.57. The minimum Gasteiger partial charge on any atom is -0.354 e. The number of carbonyl (C=O) groups excluding carboxylic acids is 2. The highest BCUT2D eigenvalue weighted by Gasteiger charge is 2.46. The summed E-state index contributed by atoms with van der Waals surface area (Å²) in [6.45, 7) is 5.48. The molecule has 0 radical (unpaired) electrons. The molecule has 2 saturated carbocycles. The van der Waals surface area contributed by atoms with Crippen LogP contribution in [-0.2, 0) is 9.59 Å². The topological polar surface area (TPSA) is 58.2 Å². The van der Waals surface area contributed by atoms with Gasteiger partial charge in [-0.1, -0.05) is 49.9 Å². The number of hydrogen-bond donors (Lipinski definition) is 2. The van der Waals surface area contributed by atoms with Gasteiger partial charge in [-0.25, -0.2) is 4.39 Å². The molecule has 4 nitrogen and oxygen atoms in total. The third-order valence-corrected chi connectivity index (χ3v) is 7.60. The monoisotopic (exact) mass is 442 g/mol. The molecule has 2 aliphatic rings. The number of benzene rings is 1. The molecule has 2 N–H and O–H groups in total. The smallest absolute Gasteiger partial charge is 0.226 e. The first-order chi connectivity index (χ1) is 13.6. The Bertz CT molecular complexity index is 810. The molecule has 3 rings (SSSR count). The largest absolute Gasteiger partial charge is 0.354 e. The second-order valence-corrected chi connectivity index (χ2v) is 10.0. The van der Waals surface area contributed by atoms with E-state index in [2.05, 4.69) is 17.6 Å². The highest BCUT2D eigenvalue weighted by atomic mass is 35.5. The maximum Gasteiger partial charge on any atom is 0.226 e. The lowest BCUT2D eigenvalue weighted by molar-refractivity contribution is -0.132. The summed E-state index contributed by atoms with van der Waals surface area (Å²) in [5.74, 6) is -0.673. The van der Waals surface area contributed by atoms with E-state index in [0.29, 0.717) is 12.8 Å². The van der Waals surface area contributed by atoms with Gasteiger partial charge < -0.3 is 10.6 Å². The van der Waals surface area contributed by atoms with Gasteiger partial charge in [0.25, 0.3) is 0 Å². The van der Waals surface area contributed by atoms with E-state index in [4.69, 9.17) is 23.2 Å². The van der Waals surface area contributed by atoms with E-state index in [1.165, 1.54) is 19.1 Å². The van der Waals surface area contributed by atoms with Crippen LogP contribution in [0, 0.1) is 16.6 Å². The van der Waals surface area contributed by atoms with Crippen molar-refractivity contribution >= 4 is 35.0 Å². The highest BCUT2D eigenvalue weighted by molar-refractivity contribution is 6.42. The summed E-state index contributed by atoms with van der Waals surface area (Å²) in [6, 6.07) is 2.18. The van der Waals surface area contributed by atoms with E-state index in [0.717, 1.165) is 32.1 Å². The van der Waals surface area contributed by atoms with Gasteiger partial charge in [-0.15, -0.1) is 0 Å². The SMILES string of the molecule is CC(=O)N[C@@H]1CC[C@@](C)(C(=O)NC(c2c(F)ccc(Cl)c2Cl)C2(C)CCCC2)C1. The molecule has 0 aromatic heterocycles. The Labute approximate surface area is 181 Å². The van der Waals surface area contributed by atoms with E-state index in [1.54, 1.807) is 0 Å². The quantitative estimate of drug-likeness (QED) is 0.585. The van der Waals surface area contributed by atoms with Crippen LogP contribution in [0.2, 0.25) is 10.0 Å². The van der Waals surface area contributed by atoms with Crippen LogP contribution < -0.4 is 10.6 Å². The van der Waals surface area contributed by atoms with E-state index in [-0.39, 0.29) is 38.9 Å². The van der Waals surface area contributed by atoms with Gasteiger partial charge in [-0.05, 0) is 49.7 Å². The molecular weight excluding hydrogens is 414 g/mol. The first-order valence-electron chi connectivity index (χ1n) is 10.3. The van der Waals surface area contributed by atoms with Crippen LogP contribution in [0.4, 0.5) is 4.39 Å². The van der Waals surface area contributed by atoms with Crippen molar-refractivity contribution in [3.05, 3.63) is 33.6 Å². The summed E-state index contributed by atoms with van der Waals surface area (Å²) in [6.07, 6.45) is 5.80. The molecule has 1 aromatic rings. The molecule has 1 aromatic carbocycles. The van der Waals surface area contributed by atoms with E-state index < -0.39 is 17.3 Å². The average molecular weight is 443 g/mol. The van der Waals surface area contributed by atoms with Gasteiger partial charge in [0.15, 0.2) is 0 Å². The fourth-order valence-electron chi connectivity index (χ4n) is 5.04. The van der Waals surface area contributed by atoms with Gasteiger partial charge in [0, 0.05) is 23.9 Å². The van der Waals surface area contributed by atoms with Crippen molar-refractivity contribution in [2.45, 2.75) is 77.8 Å². The summed E-state index contributed by atoms with van der Waals surface area (Å²) in [7, 11) is 0. The summed E-state index contributed by atoms with van der Waals surface area (Å²) in [5, 5.41) is 6.50. The van der Waals surface area contributed by atoms with Crippen molar-refractivity contribution in [3.63, 3.8) is 0 Å². The third kappa shape index (κ3) is 4.56. The second kappa shape index (κ2) is 8.43. The Morgan fingerprint density at radius 3 is 2.45 bits per heavy atom. The molecule has 0 spiro atoms. The Hall–Kier alpha value is -1.33. The Kier molecular flexibility index (Phi) is 6.50. The van der Waals surface area contributed by atoms with Crippen LogP contribution >= 0.6 is 23.2 Å². The lowest BCUT2D eigenvalue weighted by Crippen LogP contribution is -2.45. The fourth-order valence-corrected chi connectivity index (χ4v) is 5.46. The average Bonchev–Trinajstić information content (AvgIpc) is 3.24. The van der Waals surface area contributed by atoms with Gasteiger partial charge in [0.05, 0.1) is 16.1 Å². The van der Waals surface area contributed by atoms with Crippen LogP contribution in [0.3, 0.4) is 0 Å². The van der Waals surface area contributed by atoms with Gasteiger partial charge in [-0.3, -0.25) is 9.59 Å². The fraction of sp³-hybridized carbons (Fsp3) is 0.636. The molecule has 0 heterocycles. The van der Waals surface area contributed by atoms with Gasteiger partial charge in [0.1, 0.15) is 5.82 Å². The molecule has 7 heteroatoms. The van der Waals surface area contributed by atoms with Gasteiger partial charge >= 0.3 is 0 Å².